The largest absolute Gasteiger partial charge is 0.497 e. The lowest BCUT2D eigenvalue weighted by molar-refractivity contribution is -0.132. The number of methoxy groups -OCH3 is 2. The highest BCUT2D eigenvalue weighted by Crippen LogP contribution is 2.25. The molecule has 0 unspecified atom stereocenters. The molecular weight excluding hydrogens is 348 g/mol. The number of hydrogen-bond donors (Lipinski definition) is 0. The normalized spacial score (nSPS) is 15.1. The second-order valence-electron chi connectivity index (χ2n) is 6.41. The van der Waals surface area contributed by atoms with Crippen molar-refractivity contribution in [3.05, 3.63) is 46.2 Å². The summed E-state index contributed by atoms with van der Waals surface area (Å²) < 4.78 is 10.7. The second kappa shape index (κ2) is 9.05. The van der Waals surface area contributed by atoms with Gasteiger partial charge < -0.3 is 14.4 Å². The Hall–Kier alpha value is -2.05. The molecule has 0 bridgehead atoms. The van der Waals surface area contributed by atoms with Gasteiger partial charge in [0.05, 0.1) is 14.2 Å². The van der Waals surface area contributed by atoms with Crippen molar-refractivity contribution in [1.29, 1.82) is 0 Å². The number of carbonyl (C=O) groups excluding carboxylic acids is 1. The third kappa shape index (κ3) is 4.77. The zero-order valence-electron chi connectivity index (χ0n) is 15.4. The second-order valence-corrected chi connectivity index (χ2v) is 7.45. The summed E-state index contributed by atoms with van der Waals surface area (Å²) in [6.07, 6.45) is 1.16. The minimum absolute atomic E-state index is 0.214. The molecule has 0 radical (unpaired) electrons. The number of amides is 1. The van der Waals surface area contributed by atoms with Gasteiger partial charge in [0.2, 0.25) is 5.91 Å². The van der Waals surface area contributed by atoms with E-state index in [1.807, 2.05) is 23.1 Å². The summed E-state index contributed by atoms with van der Waals surface area (Å²) in [5, 5.41) is 2.11. The number of hydrogen-bond acceptors (Lipinski definition) is 5. The van der Waals surface area contributed by atoms with Crippen molar-refractivity contribution in [2.75, 3.05) is 40.4 Å². The van der Waals surface area contributed by atoms with Crippen LogP contribution >= 0.6 is 11.3 Å². The molecule has 2 aromatic rings. The first-order chi connectivity index (χ1) is 12.7. The maximum atomic E-state index is 12.6. The van der Waals surface area contributed by atoms with Gasteiger partial charge in [0.1, 0.15) is 11.5 Å². The van der Waals surface area contributed by atoms with E-state index in [1.54, 1.807) is 25.6 Å². The molecule has 2 heterocycles. The molecule has 0 aliphatic carbocycles. The van der Waals surface area contributed by atoms with Gasteiger partial charge in [-0.3, -0.25) is 9.69 Å². The first kappa shape index (κ1) is 18.7. The Morgan fingerprint density at radius 3 is 2.58 bits per heavy atom. The standard InChI is InChI=1S/C20H26N2O3S/c1-24-17-6-7-19(25-2)16(14-17)5-8-20(23)22-11-9-21(10-12-22)15-18-4-3-13-26-18/h3-4,6-7,13-14H,5,8-12,15H2,1-2H3. The number of thiophene rings is 1. The van der Waals surface area contributed by atoms with Gasteiger partial charge in [0, 0.05) is 44.0 Å². The van der Waals surface area contributed by atoms with Gasteiger partial charge in [-0.2, -0.15) is 0 Å². The summed E-state index contributed by atoms with van der Waals surface area (Å²) in [5.74, 6) is 1.81. The third-order valence-electron chi connectivity index (χ3n) is 4.78. The summed E-state index contributed by atoms with van der Waals surface area (Å²) in [5.41, 5.74) is 1.01. The molecule has 0 N–H and O–H groups in total. The summed E-state index contributed by atoms with van der Waals surface area (Å²) in [4.78, 5) is 18.4. The molecule has 5 nitrogen and oxygen atoms in total. The molecular formula is C20H26N2O3S. The molecule has 1 fully saturated rings. The van der Waals surface area contributed by atoms with E-state index < -0.39 is 0 Å². The van der Waals surface area contributed by atoms with Gasteiger partial charge in [-0.05, 0) is 41.6 Å². The lowest BCUT2D eigenvalue weighted by atomic mass is 10.1. The van der Waals surface area contributed by atoms with Gasteiger partial charge in [0.15, 0.2) is 0 Å². The van der Waals surface area contributed by atoms with E-state index in [9.17, 15) is 4.79 Å². The van der Waals surface area contributed by atoms with Gasteiger partial charge in [-0.25, -0.2) is 0 Å². The highest BCUT2D eigenvalue weighted by Gasteiger charge is 2.21. The van der Waals surface area contributed by atoms with Crippen molar-refractivity contribution in [2.24, 2.45) is 0 Å². The van der Waals surface area contributed by atoms with Gasteiger partial charge in [-0.1, -0.05) is 6.07 Å². The molecule has 1 saturated heterocycles. The maximum absolute atomic E-state index is 12.6. The lowest BCUT2D eigenvalue weighted by Crippen LogP contribution is -2.48. The Morgan fingerprint density at radius 1 is 1.12 bits per heavy atom. The third-order valence-corrected chi connectivity index (χ3v) is 5.64. The summed E-state index contributed by atoms with van der Waals surface area (Å²) in [6.45, 7) is 4.47. The van der Waals surface area contributed by atoms with E-state index in [0.29, 0.717) is 12.8 Å². The molecule has 0 spiro atoms. The fourth-order valence-electron chi connectivity index (χ4n) is 3.26. The number of carbonyl (C=O) groups is 1. The fraction of sp³-hybridized carbons (Fsp3) is 0.450. The Kier molecular flexibility index (Phi) is 6.52. The van der Waals surface area contributed by atoms with E-state index in [-0.39, 0.29) is 5.91 Å². The number of aryl methyl sites for hydroxylation is 1. The number of benzene rings is 1. The average molecular weight is 375 g/mol. The van der Waals surface area contributed by atoms with Crippen LogP contribution in [-0.2, 0) is 17.8 Å². The molecule has 0 atom stereocenters. The highest BCUT2D eigenvalue weighted by molar-refractivity contribution is 7.09. The van der Waals surface area contributed by atoms with E-state index in [0.717, 1.165) is 49.8 Å². The van der Waals surface area contributed by atoms with Crippen LogP contribution in [0.2, 0.25) is 0 Å². The van der Waals surface area contributed by atoms with E-state index in [2.05, 4.69) is 22.4 Å². The van der Waals surface area contributed by atoms with Crippen molar-refractivity contribution < 1.29 is 14.3 Å². The Labute approximate surface area is 159 Å². The fourth-order valence-corrected chi connectivity index (χ4v) is 4.00. The van der Waals surface area contributed by atoms with Crippen LogP contribution in [-0.4, -0.2) is 56.1 Å². The van der Waals surface area contributed by atoms with E-state index in [1.165, 1.54) is 4.88 Å². The van der Waals surface area contributed by atoms with Gasteiger partial charge >= 0.3 is 0 Å². The molecule has 6 heteroatoms. The van der Waals surface area contributed by atoms with Crippen LogP contribution in [0.4, 0.5) is 0 Å². The van der Waals surface area contributed by atoms with Gasteiger partial charge in [0.25, 0.3) is 0 Å². The summed E-state index contributed by atoms with van der Waals surface area (Å²) >= 11 is 1.79. The minimum atomic E-state index is 0.214. The first-order valence-corrected chi connectivity index (χ1v) is 9.81. The zero-order valence-corrected chi connectivity index (χ0v) is 16.3. The Bertz CT molecular complexity index is 710. The monoisotopic (exact) mass is 374 g/mol. The number of rotatable bonds is 7. The Balaban J connectivity index is 1.49. The smallest absolute Gasteiger partial charge is 0.222 e. The van der Waals surface area contributed by atoms with Crippen LogP contribution in [0.25, 0.3) is 0 Å². The SMILES string of the molecule is COc1ccc(OC)c(CCC(=O)N2CCN(Cc3cccs3)CC2)c1. The van der Waals surface area contributed by atoms with Crippen molar-refractivity contribution in [2.45, 2.75) is 19.4 Å². The molecule has 1 aromatic heterocycles. The maximum Gasteiger partial charge on any atom is 0.222 e. The van der Waals surface area contributed by atoms with Crippen LogP contribution in [0, 0.1) is 0 Å². The molecule has 1 aliphatic rings. The predicted molar refractivity (Wildman–Crippen MR) is 104 cm³/mol. The lowest BCUT2D eigenvalue weighted by Gasteiger charge is -2.34. The molecule has 1 amide bonds. The van der Waals surface area contributed by atoms with Crippen molar-refractivity contribution >= 4 is 17.2 Å². The molecule has 1 aliphatic heterocycles. The van der Waals surface area contributed by atoms with Crippen LogP contribution < -0.4 is 9.47 Å². The zero-order chi connectivity index (χ0) is 18.4. The Morgan fingerprint density at radius 2 is 1.92 bits per heavy atom. The molecule has 0 saturated carbocycles. The highest BCUT2D eigenvalue weighted by atomic mass is 32.1. The van der Waals surface area contributed by atoms with Crippen molar-refractivity contribution in [3.63, 3.8) is 0 Å². The quantitative estimate of drug-likeness (QED) is 0.747. The molecule has 1 aromatic carbocycles. The van der Waals surface area contributed by atoms with Crippen molar-refractivity contribution in [1.82, 2.24) is 9.80 Å². The topological polar surface area (TPSA) is 42.0 Å². The minimum Gasteiger partial charge on any atom is -0.497 e. The van der Waals surface area contributed by atoms with Crippen molar-refractivity contribution in [3.8, 4) is 11.5 Å². The van der Waals surface area contributed by atoms with E-state index in [4.69, 9.17) is 9.47 Å². The molecule has 26 heavy (non-hydrogen) atoms. The van der Waals surface area contributed by atoms with Crippen LogP contribution in [0.3, 0.4) is 0 Å². The average Bonchev–Trinajstić information content (AvgIpc) is 3.19. The molecule has 3 rings (SSSR count). The van der Waals surface area contributed by atoms with Gasteiger partial charge in [-0.15, -0.1) is 11.3 Å². The van der Waals surface area contributed by atoms with Crippen LogP contribution in [0.1, 0.15) is 16.9 Å². The van der Waals surface area contributed by atoms with Crippen LogP contribution in [0.15, 0.2) is 35.7 Å². The first-order valence-electron chi connectivity index (χ1n) is 8.93. The number of piperazine rings is 1. The van der Waals surface area contributed by atoms with E-state index >= 15 is 0 Å². The van der Waals surface area contributed by atoms with Crippen LogP contribution in [0.5, 0.6) is 11.5 Å². The number of nitrogens with zero attached hydrogens (tertiary/aromatic N) is 2. The summed E-state index contributed by atoms with van der Waals surface area (Å²) in [6, 6.07) is 9.97. The number of ether oxygens (including phenoxy) is 2. The molecule has 140 valence electrons. The predicted octanol–water partition coefficient (Wildman–Crippen LogP) is 3.04. The summed E-state index contributed by atoms with van der Waals surface area (Å²) in [7, 11) is 3.30.